The molecule has 0 N–H and O–H groups in total. The molecule has 0 aliphatic rings. The van der Waals surface area contributed by atoms with E-state index in [-0.39, 0.29) is 12.4 Å². The van der Waals surface area contributed by atoms with Crippen LogP contribution >= 0.6 is 0 Å². The van der Waals surface area contributed by atoms with E-state index in [9.17, 15) is 18.0 Å². The zero-order valence-electron chi connectivity index (χ0n) is 10.2. The summed E-state index contributed by atoms with van der Waals surface area (Å²) in [5.74, 6) is -1.34. The van der Waals surface area contributed by atoms with E-state index in [1.807, 2.05) is 0 Å². The van der Waals surface area contributed by atoms with Gasteiger partial charge in [-0.25, -0.2) is 4.79 Å². The van der Waals surface area contributed by atoms with Gasteiger partial charge in [0.1, 0.15) is 11.8 Å². The van der Waals surface area contributed by atoms with Gasteiger partial charge >= 0.3 is 12.1 Å². The van der Waals surface area contributed by atoms with E-state index in [0.717, 1.165) is 6.07 Å². The highest BCUT2D eigenvalue weighted by Gasteiger charge is 2.38. The molecular weight excluding hydrogens is 263 g/mol. The first-order valence-corrected chi connectivity index (χ1v) is 5.21. The Morgan fingerprint density at radius 2 is 2.05 bits per heavy atom. The van der Waals surface area contributed by atoms with Crippen LogP contribution in [0.15, 0.2) is 12.1 Å². The Labute approximate surface area is 107 Å². The Morgan fingerprint density at radius 1 is 1.42 bits per heavy atom. The molecule has 1 rings (SSSR count). The number of esters is 1. The lowest BCUT2D eigenvalue weighted by Crippen LogP contribution is -2.17. The summed E-state index contributed by atoms with van der Waals surface area (Å²) in [5.41, 5.74) is -2.48. The van der Waals surface area contributed by atoms with Gasteiger partial charge in [0.2, 0.25) is 0 Å². The molecule has 1 aromatic carbocycles. The number of ether oxygens (including phenoxy) is 2. The van der Waals surface area contributed by atoms with Crippen LogP contribution in [0.3, 0.4) is 0 Å². The van der Waals surface area contributed by atoms with Gasteiger partial charge < -0.3 is 9.47 Å². The van der Waals surface area contributed by atoms with Gasteiger partial charge in [-0.1, -0.05) is 0 Å². The molecule has 0 spiro atoms. The Kier molecular flexibility index (Phi) is 4.38. The first-order chi connectivity index (χ1) is 8.85. The van der Waals surface area contributed by atoms with E-state index in [4.69, 9.17) is 5.26 Å². The molecule has 0 radical (unpaired) electrons. The number of methoxy groups -OCH3 is 1. The number of carbonyl (C=O) groups excluding carboxylic acids is 1. The molecule has 0 saturated heterocycles. The predicted molar refractivity (Wildman–Crippen MR) is 58.7 cm³/mol. The van der Waals surface area contributed by atoms with Crippen LogP contribution in [0.25, 0.3) is 0 Å². The maximum Gasteiger partial charge on any atom is 0.417 e. The number of carbonyl (C=O) groups is 1. The molecular formula is C12H10F3NO3. The molecule has 0 unspecified atom stereocenters. The van der Waals surface area contributed by atoms with Crippen molar-refractivity contribution in [2.24, 2.45) is 0 Å². The monoisotopic (exact) mass is 273 g/mol. The van der Waals surface area contributed by atoms with Gasteiger partial charge in [-0.05, 0) is 19.1 Å². The third-order valence-corrected chi connectivity index (χ3v) is 2.25. The van der Waals surface area contributed by atoms with Gasteiger partial charge in [0.15, 0.2) is 0 Å². The van der Waals surface area contributed by atoms with E-state index >= 15 is 0 Å². The highest BCUT2D eigenvalue weighted by Crippen LogP contribution is 2.36. The highest BCUT2D eigenvalue weighted by atomic mass is 19.4. The van der Waals surface area contributed by atoms with Crippen LogP contribution < -0.4 is 4.74 Å². The number of hydrogen-bond acceptors (Lipinski definition) is 4. The SMILES string of the molecule is CCOC(=O)c1c(C#N)cc(OC)cc1C(F)(F)F. The number of hydrogen-bond donors (Lipinski definition) is 0. The number of rotatable bonds is 3. The smallest absolute Gasteiger partial charge is 0.417 e. The predicted octanol–water partition coefficient (Wildman–Crippen LogP) is 2.76. The summed E-state index contributed by atoms with van der Waals surface area (Å²) < 4.78 is 48.0. The fourth-order valence-electron chi connectivity index (χ4n) is 1.47. The Morgan fingerprint density at radius 3 is 2.47 bits per heavy atom. The van der Waals surface area contributed by atoms with Crippen molar-refractivity contribution in [2.45, 2.75) is 13.1 Å². The Bertz CT molecular complexity index is 532. The topological polar surface area (TPSA) is 59.3 Å². The molecule has 0 atom stereocenters. The summed E-state index contributed by atoms with van der Waals surface area (Å²) in [7, 11) is 1.17. The zero-order chi connectivity index (χ0) is 14.6. The van der Waals surface area contributed by atoms with Crippen LogP contribution in [-0.2, 0) is 10.9 Å². The summed E-state index contributed by atoms with van der Waals surface area (Å²) in [6.45, 7) is 1.37. The second kappa shape index (κ2) is 5.61. The van der Waals surface area contributed by atoms with Crippen molar-refractivity contribution in [3.05, 3.63) is 28.8 Å². The summed E-state index contributed by atoms with van der Waals surface area (Å²) in [5, 5.41) is 8.87. The molecule has 0 bridgehead atoms. The molecule has 0 heterocycles. The van der Waals surface area contributed by atoms with E-state index in [0.29, 0.717) is 6.07 Å². The standard InChI is InChI=1S/C12H10F3NO3/c1-3-19-11(17)10-7(6-16)4-8(18-2)5-9(10)12(13,14)15/h4-5H,3H2,1-2H3. The molecule has 19 heavy (non-hydrogen) atoms. The quantitative estimate of drug-likeness (QED) is 0.794. The fraction of sp³-hybridized carbons (Fsp3) is 0.333. The van der Waals surface area contributed by atoms with Crippen molar-refractivity contribution in [1.29, 1.82) is 5.26 Å². The van der Waals surface area contributed by atoms with Gasteiger partial charge in [-0.2, -0.15) is 18.4 Å². The van der Waals surface area contributed by atoms with E-state index in [1.54, 1.807) is 6.07 Å². The molecule has 0 aliphatic heterocycles. The maximum absolute atomic E-state index is 12.9. The summed E-state index contributed by atoms with van der Waals surface area (Å²) >= 11 is 0. The minimum Gasteiger partial charge on any atom is -0.497 e. The van der Waals surface area contributed by atoms with Gasteiger partial charge in [0, 0.05) is 0 Å². The lowest BCUT2D eigenvalue weighted by Gasteiger charge is -2.14. The molecule has 0 saturated carbocycles. The first kappa shape index (κ1) is 14.8. The van der Waals surface area contributed by atoms with Crippen molar-refractivity contribution in [3.8, 4) is 11.8 Å². The second-order valence-corrected chi connectivity index (χ2v) is 3.43. The van der Waals surface area contributed by atoms with Crippen LogP contribution in [-0.4, -0.2) is 19.7 Å². The summed E-state index contributed by atoms with van der Waals surface area (Å²) in [4.78, 5) is 11.6. The van der Waals surface area contributed by atoms with Gasteiger partial charge in [0.05, 0.1) is 30.4 Å². The number of alkyl halides is 3. The minimum absolute atomic E-state index is 0.0902. The van der Waals surface area contributed by atoms with Crippen molar-refractivity contribution < 1.29 is 27.4 Å². The van der Waals surface area contributed by atoms with Crippen molar-refractivity contribution in [2.75, 3.05) is 13.7 Å². The summed E-state index contributed by atoms with van der Waals surface area (Å²) in [6, 6.07) is 3.26. The number of nitrogens with zero attached hydrogens (tertiary/aromatic N) is 1. The Hall–Kier alpha value is -2.23. The average Bonchev–Trinajstić information content (AvgIpc) is 2.36. The highest BCUT2D eigenvalue weighted by molar-refractivity contribution is 5.94. The third-order valence-electron chi connectivity index (χ3n) is 2.25. The summed E-state index contributed by atoms with van der Waals surface area (Å²) in [6.07, 6.45) is -4.79. The van der Waals surface area contributed by atoms with Crippen molar-refractivity contribution in [1.82, 2.24) is 0 Å². The van der Waals surface area contributed by atoms with E-state index in [2.05, 4.69) is 9.47 Å². The van der Waals surface area contributed by atoms with Crippen molar-refractivity contribution in [3.63, 3.8) is 0 Å². The first-order valence-electron chi connectivity index (χ1n) is 5.21. The van der Waals surface area contributed by atoms with Crippen LogP contribution in [0.2, 0.25) is 0 Å². The zero-order valence-corrected chi connectivity index (χ0v) is 10.2. The molecule has 0 fully saturated rings. The van der Waals surface area contributed by atoms with Crippen LogP contribution in [0, 0.1) is 11.3 Å². The molecule has 1 aromatic rings. The Balaban J connectivity index is 3.57. The van der Waals surface area contributed by atoms with Gasteiger partial charge in [-0.15, -0.1) is 0 Å². The molecule has 0 aromatic heterocycles. The van der Waals surface area contributed by atoms with Gasteiger partial charge in [0.25, 0.3) is 0 Å². The largest absolute Gasteiger partial charge is 0.497 e. The molecule has 4 nitrogen and oxygen atoms in total. The maximum atomic E-state index is 12.9. The number of nitriles is 1. The lowest BCUT2D eigenvalue weighted by molar-refractivity contribution is -0.138. The minimum atomic E-state index is -4.79. The fourth-order valence-corrected chi connectivity index (χ4v) is 1.47. The second-order valence-electron chi connectivity index (χ2n) is 3.43. The van der Waals surface area contributed by atoms with E-state index in [1.165, 1.54) is 14.0 Å². The van der Waals surface area contributed by atoms with Crippen LogP contribution in [0.5, 0.6) is 5.75 Å². The molecule has 102 valence electrons. The van der Waals surface area contributed by atoms with Gasteiger partial charge in [-0.3, -0.25) is 0 Å². The number of halogens is 3. The third kappa shape index (κ3) is 3.16. The molecule has 0 amide bonds. The van der Waals surface area contributed by atoms with Crippen molar-refractivity contribution >= 4 is 5.97 Å². The normalized spacial score (nSPS) is 10.7. The molecule has 0 aliphatic carbocycles. The average molecular weight is 273 g/mol. The van der Waals surface area contributed by atoms with Crippen LogP contribution in [0.4, 0.5) is 13.2 Å². The van der Waals surface area contributed by atoms with Crippen LogP contribution in [0.1, 0.15) is 28.4 Å². The molecule has 7 heteroatoms. The van der Waals surface area contributed by atoms with E-state index < -0.39 is 28.8 Å². The lowest BCUT2D eigenvalue weighted by atomic mass is 10.0. The number of benzene rings is 1.